The molecule has 1 saturated carbocycles. The van der Waals surface area contributed by atoms with Crippen LogP contribution in [-0.2, 0) is 11.2 Å². The third-order valence-corrected chi connectivity index (χ3v) is 5.94. The van der Waals surface area contributed by atoms with Crippen molar-refractivity contribution in [3.63, 3.8) is 0 Å². The molecule has 2 nitrogen and oxygen atoms in total. The van der Waals surface area contributed by atoms with Crippen LogP contribution >= 0.6 is 23.4 Å². The van der Waals surface area contributed by atoms with Crippen LogP contribution in [0.2, 0.25) is 0 Å². The summed E-state index contributed by atoms with van der Waals surface area (Å²) >= 11 is 7.92. The second-order valence-corrected chi connectivity index (χ2v) is 7.18. The van der Waals surface area contributed by atoms with Crippen LogP contribution in [0.15, 0.2) is 29.2 Å². The zero-order valence-electron chi connectivity index (χ0n) is 10.8. The molecule has 2 aliphatic rings. The van der Waals surface area contributed by atoms with Gasteiger partial charge in [0.25, 0.3) is 0 Å². The summed E-state index contributed by atoms with van der Waals surface area (Å²) in [4.78, 5) is 13.5. The zero-order valence-corrected chi connectivity index (χ0v) is 12.3. The predicted octanol–water partition coefficient (Wildman–Crippen LogP) is 3.23. The Labute approximate surface area is 123 Å². The molecule has 0 bridgehead atoms. The van der Waals surface area contributed by atoms with E-state index in [0.29, 0.717) is 5.92 Å². The quantitative estimate of drug-likeness (QED) is 0.868. The normalized spacial score (nSPS) is 29.2. The van der Waals surface area contributed by atoms with E-state index in [4.69, 9.17) is 11.6 Å². The van der Waals surface area contributed by atoms with Crippen LogP contribution in [0.3, 0.4) is 0 Å². The largest absolute Gasteiger partial charge is 0.355 e. The predicted molar refractivity (Wildman–Crippen MR) is 79.8 cm³/mol. The molecule has 1 N–H and O–H groups in total. The number of amides is 1. The Morgan fingerprint density at radius 2 is 2.21 bits per heavy atom. The number of hydrogen-bond donors (Lipinski definition) is 1. The van der Waals surface area contributed by atoms with E-state index in [2.05, 4.69) is 17.4 Å². The van der Waals surface area contributed by atoms with Crippen molar-refractivity contribution in [2.24, 2.45) is 5.92 Å². The SMILES string of the molecule is O=C(NCC1CCCC1Cl)C1Cc2ccccc2S1. The lowest BCUT2D eigenvalue weighted by Gasteiger charge is -2.16. The average Bonchev–Trinajstić information content (AvgIpc) is 3.01. The van der Waals surface area contributed by atoms with E-state index in [1.165, 1.54) is 16.9 Å². The first-order valence-corrected chi connectivity index (χ1v) is 8.22. The van der Waals surface area contributed by atoms with Gasteiger partial charge in [-0.25, -0.2) is 0 Å². The van der Waals surface area contributed by atoms with E-state index in [9.17, 15) is 4.79 Å². The van der Waals surface area contributed by atoms with Crippen molar-refractivity contribution in [3.8, 4) is 0 Å². The van der Waals surface area contributed by atoms with Crippen molar-refractivity contribution in [2.75, 3.05) is 6.54 Å². The Hall–Kier alpha value is -0.670. The average molecular weight is 296 g/mol. The van der Waals surface area contributed by atoms with E-state index in [0.717, 1.165) is 25.8 Å². The van der Waals surface area contributed by atoms with Gasteiger partial charge in [0.15, 0.2) is 0 Å². The number of rotatable bonds is 3. The molecule has 19 heavy (non-hydrogen) atoms. The first kappa shape index (κ1) is 13.3. The molecule has 102 valence electrons. The highest BCUT2D eigenvalue weighted by Crippen LogP contribution is 2.37. The Morgan fingerprint density at radius 3 is 2.95 bits per heavy atom. The molecule has 4 heteroatoms. The van der Waals surface area contributed by atoms with Gasteiger partial charge in [-0.2, -0.15) is 0 Å². The van der Waals surface area contributed by atoms with Crippen molar-refractivity contribution in [1.82, 2.24) is 5.32 Å². The molecule has 0 aromatic heterocycles. The second kappa shape index (κ2) is 5.76. The van der Waals surface area contributed by atoms with Crippen LogP contribution in [0.4, 0.5) is 0 Å². The number of hydrogen-bond acceptors (Lipinski definition) is 2. The van der Waals surface area contributed by atoms with Gasteiger partial charge in [-0.15, -0.1) is 23.4 Å². The molecule has 0 saturated heterocycles. The molecule has 3 atom stereocenters. The van der Waals surface area contributed by atoms with Gasteiger partial charge in [0.05, 0.1) is 5.25 Å². The summed E-state index contributed by atoms with van der Waals surface area (Å²) in [5, 5.41) is 3.37. The summed E-state index contributed by atoms with van der Waals surface area (Å²) in [5.41, 5.74) is 1.30. The third kappa shape index (κ3) is 2.92. The van der Waals surface area contributed by atoms with Crippen molar-refractivity contribution < 1.29 is 4.79 Å². The summed E-state index contributed by atoms with van der Waals surface area (Å²) < 4.78 is 0. The fourth-order valence-corrected chi connectivity index (χ4v) is 4.48. The lowest BCUT2D eigenvalue weighted by atomic mass is 10.1. The maximum Gasteiger partial charge on any atom is 0.233 e. The fraction of sp³-hybridized carbons (Fsp3) is 0.533. The zero-order chi connectivity index (χ0) is 13.2. The maximum absolute atomic E-state index is 12.2. The minimum atomic E-state index is 0.0348. The lowest BCUT2D eigenvalue weighted by molar-refractivity contribution is -0.120. The van der Waals surface area contributed by atoms with Crippen molar-refractivity contribution in [3.05, 3.63) is 29.8 Å². The smallest absolute Gasteiger partial charge is 0.233 e. The standard InChI is InChI=1S/C15H18ClNOS/c16-12-6-3-5-11(12)9-17-15(18)14-8-10-4-1-2-7-13(10)19-14/h1-2,4,7,11-12,14H,3,5-6,8-9H2,(H,17,18). The Balaban J connectivity index is 1.52. The van der Waals surface area contributed by atoms with Crippen LogP contribution in [-0.4, -0.2) is 23.1 Å². The van der Waals surface area contributed by atoms with Crippen LogP contribution in [0, 0.1) is 5.92 Å². The minimum Gasteiger partial charge on any atom is -0.355 e. The first-order chi connectivity index (χ1) is 9.24. The highest BCUT2D eigenvalue weighted by atomic mass is 35.5. The number of nitrogens with one attached hydrogen (secondary N) is 1. The Bertz CT molecular complexity index is 454. The highest BCUT2D eigenvalue weighted by Gasteiger charge is 2.30. The molecule has 1 aliphatic heterocycles. The summed E-state index contributed by atoms with van der Waals surface area (Å²) in [5.74, 6) is 0.622. The second-order valence-electron chi connectivity index (χ2n) is 5.37. The van der Waals surface area contributed by atoms with Gasteiger partial charge in [0, 0.05) is 16.8 Å². The van der Waals surface area contributed by atoms with Gasteiger partial charge in [0.2, 0.25) is 5.91 Å². The molecule has 0 spiro atoms. The van der Waals surface area contributed by atoms with Crippen LogP contribution in [0.1, 0.15) is 24.8 Å². The summed E-state index contributed by atoms with van der Waals surface area (Å²) in [6, 6.07) is 8.28. The topological polar surface area (TPSA) is 29.1 Å². The van der Waals surface area contributed by atoms with E-state index in [1.807, 2.05) is 12.1 Å². The van der Waals surface area contributed by atoms with E-state index >= 15 is 0 Å². The van der Waals surface area contributed by atoms with Crippen LogP contribution in [0.5, 0.6) is 0 Å². The highest BCUT2D eigenvalue weighted by molar-refractivity contribution is 8.01. The van der Waals surface area contributed by atoms with Gasteiger partial charge in [-0.05, 0) is 36.8 Å². The lowest BCUT2D eigenvalue weighted by Crippen LogP contribution is -2.36. The van der Waals surface area contributed by atoms with Crippen molar-refractivity contribution >= 4 is 29.3 Å². The number of carbonyl (C=O) groups is 1. The number of fused-ring (bicyclic) bond motifs is 1. The van der Waals surface area contributed by atoms with Crippen LogP contribution in [0.25, 0.3) is 0 Å². The molecule has 1 amide bonds. The number of thioether (sulfide) groups is 1. The Kier molecular flexibility index (Phi) is 4.04. The monoisotopic (exact) mass is 295 g/mol. The maximum atomic E-state index is 12.2. The van der Waals surface area contributed by atoms with Gasteiger partial charge < -0.3 is 5.32 Å². The van der Waals surface area contributed by atoms with Crippen molar-refractivity contribution in [1.29, 1.82) is 0 Å². The fourth-order valence-electron chi connectivity index (χ4n) is 2.90. The summed E-state index contributed by atoms with van der Waals surface area (Å²) in [6.45, 7) is 0.737. The molecule has 1 fully saturated rings. The van der Waals surface area contributed by atoms with E-state index < -0.39 is 0 Å². The van der Waals surface area contributed by atoms with Gasteiger partial charge >= 0.3 is 0 Å². The van der Waals surface area contributed by atoms with Gasteiger partial charge in [-0.3, -0.25) is 4.79 Å². The molecular formula is C15H18ClNOS. The van der Waals surface area contributed by atoms with Gasteiger partial charge in [-0.1, -0.05) is 24.6 Å². The molecule has 0 radical (unpaired) electrons. The minimum absolute atomic E-state index is 0.0348. The van der Waals surface area contributed by atoms with E-state index in [-0.39, 0.29) is 16.5 Å². The molecular weight excluding hydrogens is 278 g/mol. The number of halogens is 1. The molecule has 3 unspecified atom stereocenters. The number of alkyl halides is 1. The first-order valence-electron chi connectivity index (χ1n) is 6.90. The van der Waals surface area contributed by atoms with Gasteiger partial charge in [0.1, 0.15) is 0 Å². The number of carbonyl (C=O) groups excluding carboxylic acids is 1. The molecule has 1 aliphatic carbocycles. The molecule has 1 heterocycles. The molecule has 1 aromatic rings. The Morgan fingerprint density at radius 1 is 1.37 bits per heavy atom. The third-order valence-electron chi connectivity index (χ3n) is 4.04. The molecule has 1 aromatic carbocycles. The van der Waals surface area contributed by atoms with E-state index in [1.54, 1.807) is 11.8 Å². The van der Waals surface area contributed by atoms with Crippen molar-refractivity contribution in [2.45, 2.75) is 41.2 Å². The molecule has 3 rings (SSSR count). The summed E-state index contributed by atoms with van der Waals surface area (Å²) in [6.07, 6.45) is 4.28. The van der Waals surface area contributed by atoms with Crippen LogP contribution < -0.4 is 5.32 Å². The summed E-state index contributed by atoms with van der Waals surface area (Å²) in [7, 11) is 0. The number of benzene rings is 1.